The fraction of sp³-hybridized carbons (Fsp3) is 0.0909. The number of aliphatic imine (C=N–C) groups is 1. The van der Waals surface area contributed by atoms with Gasteiger partial charge in [-0.25, -0.2) is 0 Å². The van der Waals surface area contributed by atoms with Crippen LogP contribution in [0.25, 0.3) is 0 Å². The number of nitrogens with zero attached hydrogens (tertiary/aromatic N) is 2. The third kappa shape index (κ3) is 2.68. The number of rotatable bonds is 3. The molecular formula is C22H17N3. The maximum Gasteiger partial charge on any atom is 0.129 e. The van der Waals surface area contributed by atoms with Gasteiger partial charge in [-0.15, -0.1) is 0 Å². The highest BCUT2D eigenvalue weighted by atomic mass is 15.1. The molecule has 0 bridgehead atoms. The van der Waals surface area contributed by atoms with Gasteiger partial charge in [-0.05, 0) is 35.4 Å². The summed E-state index contributed by atoms with van der Waals surface area (Å²) in [6.07, 6.45) is 0. The molecule has 4 rings (SSSR count). The minimum absolute atomic E-state index is 0.369. The molecule has 0 radical (unpaired) electrons. The molecule has 0 atom stereocenters. The van der Waals surface area contributed by atoms with Crippen LogP contribution in [0.1, 0.15) is 22.3 Å². The SMILES string of the molecule is N#Cc1ccc(C2=NCC(c3ccccc3)(c3ccccc3)N2)cc1. The van der Waals surface area contributed by atoms with E-state index in [1.165, 1.54) is 11.1 Å². The van der Waals surface area contributed by atoms with Gasteiger partial charge in [0.25, 0.3) is 0 Å². The zero-order chi connectivity index (χ0) is 17.1. The van der Waals surface area contributed by atoms with Crippen LogP contribution in [-0.2, 0) is 5.54 Å². The van der Waals surface area contributed by atoms with Crippen molar-refractivity contribution in [2.75, 3.05) is 6.54 Å². The van der Waals surface area contributed by atoms with E-state index in [1.807, 2.05) is 36.4 Å². The lowest BCUT2D eigenvalue weighted by Gasteiger charge is -2.31. The first-order chi connectivity index (χ1) is 12.3. The van der Waals surface area contributed by atoms with Crippen LogP contribution in [0.15, 0.2) is 89.9 Å². The Balaban J connectivity index is 1.74. The van der Waals surface area contributed by atoms with Gasteiger partial charge in [-0.3, -0.25) is 4.99 Å². The molecule has 0 spiro atoms. The van der Waals surface area contributed by atoms with E-state index in [0.29, 0.717) is 12.1 Å². The molecule has 0 fully saturated rings. The topological polar surface area (TPSA) is 48.2 Å². The van der Waals surface area contributed by atoms with Gasteiger partial charge in [0.2, 0.25) is 0 Å². The van der Waals surface area contributed by atoms with Gasteiger partial charge < -0.3 is 5.32 Å². The number of nitriles is 1. The minimum Gasteiger partial charge on any atom is -0.355 e. The monoisotopic (exact) mass is 323 g/mol. The Hall–Kier alpha value is -3.38. The van der Waals surface area contributed by atoms with Crippen molar-refractivity contribution >= 4 is 5.84 Å². The first kappa shape index (κ1) is 15.2. The van der Waals surface area contributed by atoms with E-state index < -0.39 is 0 Å². The molecule has 0 unspecified atom stereocenters. The number of benzene rings is 3. The first-order valence-electron chi connectivity index (χ1n) is 8.26. The molecule has 0 saturated heterocycles. The van der Waals surface area contributed by atoms with E-state index in [-0.39, 0.29) is 5.54 Å². The number of hydrogen-bond acceptors (Lipinski definition) is 3. The van der Waals surface area contributed by atoms with E-state index in [2.05, 4.69) is 59.9 Å². The lowest BCUT2D eigenvalue weighted by molar-refractivity contribution is 0.524. The molecule has 0 saturated carbocycles. The van der Waals surface area contributed by atoms with Crippen LogP contribution in [-0.4, -0.2) is 12.4 Å². The van der Waals surface area contributed by atoms with Crippen molar-refractivity contribution in [1.29, 1.82) is 5.26 Å². The fourth-order valence-electron chi connectivity index (χ4n) is 3.28. The van der Waals surface area contributed by atoms with E-state index in [1.54, 1.807) is 0 Å². The molecule has 1 aliphatic rings. The van der Waals surface area contributed by atoms with Crippen LogP contribution >= 0.6 is 0 Å². The zero-order valence-corrected chi connectivity index (χ0v) is 13.7. The van der Waals surface area contributed by atoms with Crippen molar-refractivity contribution in [3.8, 4) is 6.07 Å². The molecule has 0 amide bonds. The third-order valence-electron chi connectivity index (χ3n) is 4.63. The predicted molar refractivity (Wildman–Crippen MR) is 99.4 cm³/mol. The summed E-state index contributed by atoms with van der Waals surface area (Å²) in [4.78, 5) is 4.79. The number of amidine groups is 1. The molecule has 3 heteroatoms. The standard InChI is InChI=1S/C22H17N3/c23-15-17-11-13-18(14-12-17)21-24-16-22(25-21,19-7-3-1-4-8-19)20-9-5-2-6-10-20/h1-14H,16H2,(H,24,25). The van der Waals surface area contributed by atoms with E-state index >= 15 is 0 Å². The second-order valence-electron chi connectivity index (χ2n) is 6.12. The summed E-state index contributed by atoms with van der Waals surface area (Å²) in [5.41, 5.74) is 3.65. The van der Waals surface area contributed by atoms with E-state index in [9.17, 15) is 0 Å². The van der Waals surface area contributed by atoms with Crippen molar-refractivity contribution < 1.29 is 0 Å². The largest absolute Gasteiger partial charge is 0.355 e. The first-order valence-corrected chi connectivity index (χ1v) is 8.26. The smallest absolute Gasteiger partial charge is 0.129 e. The molecular weight excluding hydrogens is 306 g/mol. The second-order valence-corrected chi connectivity index (χ2v) is 6.12. The molecule has 1 heterocycles. The average Bonchev–Trinajstić information content (AvgIpc) is 3.16. The van der Waals surface area contributed by atoms with Crippen molar-refractivity contribution in [2.45, 2.75) is 5.54 Å². The highest BCUT2D eigenvalue weighted by Crippen LogP contribution is 2.33. The molecule has 3 aromatic carbocycles. The van der Waals surface area contributed by atoms with E-state index in [0.717, 1.165) is 11.4 Å². The number of hydrogen-bond donors (Lipinski definition) is 1. The third-order valence-corrected chi connectivity index (χ3v) is 4.63. The van der Waals surface area contributed by atoms with Crippen LogP contribution in [0.3, 0.4) is 0 Å². The molecule has 3 nitrogen and oxygen atoms in total. The van der Waals surface area contributed by atoms with Gasteiger partial charge in [0.15, 0.2) is 0 Å². The summed E-state index contributed by atoms with van der Waals surface area (Å²) in [6, 6.07) is 30.5. The van der Waals surface area contributed by atoms with Crippen molar-refractivity contribution in [1.82, 2.24) is 5.32 Å². The highest BCUT2D eigenvalue weighted by Gasteiger charge is 2.39. The van der Waals surface area contributed by atoms with Crippen LogP contribution in [0.2, 0.25) is 0 Å². The van der Waals surface area contributed by atoms with Gasteiger partial charge >= 0.3 is 0 Å². The lowest BCUT2D eigenvalue weighted by Crippen LogP contribution is -2.44. The predicted octanol–water partition coefficient (Wildman–Crippen LogP) is 3.85. The summed E-state index contributed by atoms with van der Waals surface area (Å²) >= 11 is 0. The normalized spacial score (nSPS) is 15.1. The molecule has 1 aliphatic heterocycles. The average molecular weight is 323 g/mol. The quantitative estimate of drug-likeness (QED) is 0.796. The molecule has 0 aromatic heterocycles. The fourth-order valence-corrected chi connectivity index (χ4v) is 3.28. The van der Waals surface area contributed by atoms with Gasteiger partial charge in [0.05, 0.1) is 18.2 Å². The second kappa shape index (κ2) is 6.26. The summed E-state index contributed by atoms with van der Waals surface area (Å²) in [7, 11) is 0. The zero-order valence-electron chi connectivity index (χ0n) is 13.7. The Bertz CT molecular complexity index is 897. The van der Waals surface area contributed by atoms with Crippen LogP contribution in [0.5, 0.6) is 0 Å². The van der Waals surface area contributed by atoms with Crippen LogP contribution < -0.4 is 5.32 Å². The summed E-state index contributed by atoms with van der Waals surface area (Å²) < 4.78 is 0. The molecule has 25 heavy (non-hydrogen) atoms. The Kier molecular flexibility index (Phi) is 3.80. The number of nitrogens with one attached hydrogen (secondary N) is 1. The Morgan fingerprint density at radius 1 is 0.800 bits per heavy atom. The van der Waals surface area contributed by atoms with Gasteiger partial charge in [-0.2, -0.15) is 5.26 Å². The van der Waals surface area contributed by atoms with Gasteiger partial charge in [0, 0.05) is 5.56 Å². The summed E-state index contributed by atoms with van der Waals surface area (Å²) in [6.45, 7) is 0.635. The minimum atomic E-state index is -0.369. The Morgan fingerprint density at radius 2 is 1.36 bits per heavy atom. The van der Waals surface area contributed by atoms with Crippen molar-refractivity contribution in [3.05, 3.63) is 107 Å². The lowest BCUT2D eigenvalue weighted by atomic mass is 9.83. The molecule has 1 N–H and O–H groups in total. The highest BCUT2D eigenvalue weighted by molar-refractivity contribution is 6.01. The maximum absolute atomic E-state index is 8.98. The Labute approximate surface area is 147 Å². The van der Waals surface area contributed by atoms with Crippen LogP contribution in [0.4, 0.5) is 0 Å². The molecule has 3 aromatic rings. The van der Waals surface area contributed by atoms with Crippen molar-refractivity contribution in [3.63, 3.8) is 0 Å². The van der Waals surface area contributed by atoms with Crippen molar-refractivity contribution in [2.24, 2.45) is 4.99 Å². The van der Waals surface area contributed by atoms with Gasteiger partial charge in [0.1, 0.15) is 11.4 Å². The molecule has 120 valence electrons. The maximum atomic E-state index is 8.98. The molecule has 0 aliphatic carbocycles. The van der Waals surface area contributed by atoms with Gasteiger partial charge in [-0.1, -0.05) is 60.7 Å². The van der Waals surface area contributed by atoms with E-state index in [4.69, 9.17) is 10.3 Å². The summed E-state index contributed by atoms with van der Waals surface area (Å²) in [5, 5.41) is 12.6. The Morgan fingerprint density at radius 3 is 1.88 bits per heavy atom. The summed E-state index contributed by atoms with van der Waals surface area (Å²) in [5.74, 6) is 0.859. The van der Waals surface area contributed by atoms with Crippen LogP contribution in [0, 0.1) is 11.3 Å².